The van der Waals surface area contributed by atoms with E-state index in [9.17, 15) is 4.79 Å². The number of nitrogens with zero attached hydrogens (tertiary/aromatic N) is 1. The highest BCUT2D eigenvalue weighted by Gasteiger charge is 2.29. The number of nitrogens with one attached hydrogen (secondary N) is 1. The standard InChI is InChI=1S/C17H24N2O/c1-19(17(20)11-13-5-4-10-18-12-13)16-9-8-14-6-2-3-7-15(14)16/h2-3,6-7,13,16,18H,4-5,8-12H2,1H3. The number of aryl methyl sites for hydroxylation is 1. The van der Waals surface area contributed by atoms with Gasteiger partial charge in [-0.15, -0.1) is 0 Å². The second kappa shape index (κ2) is 5.96. The third kappa shape index (κ3) is 2.73. The lowest BCUT2D eigenvalue weighted by atomic mass is 9.95. The summed E-state index contributed by atoms with van der Waals surface area (Å²) >= 11 is 0. The summed E-state index contributed by atoms with van der Waals surface area (Å²) in [5, 5.41) is 3.39. The molecule has 0 spiro atoms. The molecule has 3 rings (SSSR count). The molecule has 1 aliphatic heterocycles. The van der Waals surface area contributed by atoms with E-state index in [4.69, 9.17) is 0 Å². The maximum absolute atomic E-state index is 12.5. The van der Waals surface area contributed by atoms with Crippen LogP contribution in [0.3, 0.4) is 0 Å². The average molecular weight is 272 g/mol. The SMILES string of the molecule is CN(C(=O)CC1CCCNC1)C1CCc2ccccc21. The van der Waals surface area contributed by atoms with Crippen molar-refractivity contribution < 1.29 is 4.79 Å². The summed E-state index contributed by atoms with van der Waals surface area (Å²) in [4.78, 5) is 14.5. The molecule has 108 valence electrons. The van der Waals surface area contributed by atoms with Crippen LogP contribution in [0.25, 0.3) is 0 Å². The van der Waals surface area contributed by atoms with Crippen LogP contribution in [0, 0.1) is 5.92 Å². The van der Waals surface area contributed by atoms with Gasteiger partial charge in [0.1, 0.15) is 0 Å². The van der Waals surface area contributed by atoms with Crippen LogP contribution in [0.2, 0.25) is 0 Å². The second-order valence-corrected chi connectivity index (χ2v) is 6.17. The molecule has 20 heavy (non-hydrogen) atoms. The first-order valence-corrected chi connectivity index (χ1v) is 7.80. The van der Waals surface area contributed by atoms with E-state index in [0.29, 0.717) is 18.2 Å². The van der Waals surface area contributed by atoms with E-state index in [1.807, 2.05) is 11.9 Å². The molecule has 1 aliphatic carbocycles. The molecule has 0 aromatic heterocycles. The highest BCUT2D eigenvalue weighted by atomic mass is 16.2. The fraction of sp³-hybridized carbons (Fsp3) is 0.588. The lowest BCUT2D eigenvalue weighted by molar-refractivity contribution is -0.133. The van der Waals surface area contributed by atoms with Gasteiger partial charge < -0.3 is 10.2 Å². The second-order valence-electron chi connectivity index (χ2n) is 6.17. The molecule has 2 aliphatic rings. The molecule has 2 atom stereocenters. The van der Waals surface area contributed by atoms with Crippen molar-refractivity contribution in [1.29, 1.82) is 0 Å². The molecule has 0 bridgehead atoms. The number of piperidine rings is 1. The minimum atomic E-state index is 0.287. The molecule has 1 amide bonds. The van der Waals surface area contributed by atoms with Crippen LogP contribution in [0.15, 0.2) is 24.3 Å². The number of hydrogen-bond donors (Lipinski definition) is 1. The number of rotatable bonds is 3. The van der Waals surface area contributed by atoms with Crippen molar-refractivity contribution in [3.63, 3.8) is 0 Å². The van der Waals surface area contributed by atoms with Crippen LogP contribution in [-0.4, -0.2) is 30.9 Å². The Bertz CT molecular complexity index is 480. The number of fused-ring (bicyclic) bond motifs is 1. The van der Waals surface area contributed by atoms with Gasteiger partial charge >= 0.3 is 0 Å². The van der Waals surface area contributed by atoms with Crippen LogP contribution in [0.5, 0.6) is 0 Å². The molecular weight excluding hydrogens is 248 g/mol. The van der Waals surface area contributed by atoms with Crippen LogP contribution in [0.1, 0.15) is 42.9 Å². The Hall–Kier alpha value is -1.35. The van der Waals surface area contributed by atoms with Gasteiger partial charge in [-0.3, -0.25) is 4.79 Å². The number of hydrogen-bond acceptors (Lipinski definition) is 2. The topological polar surface area (TPSA) is 32.3 Å². The molecular formula is C17H24N2O. The van der Waals surface area contributed by atoms with Crippen LogP contribution in [0.4, 0.5) is 0 Å². The van der Waals surface area contributed by atoms with Gasteiger partial charge in [0.2, 0.25) is 5.91 Å². The van der Waals surface area contributed by atoms with Crippen molar-refractivity contribution in [2.75, 3.05) is 20.1 Å². The molecule has 1 N–H and O–H groups in total. The summed E-state index contributed by atoms with van der Waals surface area (Å²) in [7, 11) is 1.98. The fourth-order valence-electron chi connectivity index (χ4n) is 3.60. The zero-order valence-corrected chi connectivity index (χ0v) is 12.3. The van der Waals surface area contributed by atoms with Gasteiger partial charge in [0, 0.05) is 13.5 Å². The van der Waals surface area contributed by atoms with E-state index in [2.05, 4.69) is 29.6 Å². The van der Waals surface area contributed by atoms with E-state index < -0.39 is 0 Å². The molecule has 1 aromatic carbocycles. The summed E-state index contributed by atoms with van der Waals surface area (Å²) < 4.78 is 0. The molecule has 1 fully saturated rings. The Morgan fingerprint density at radius 2 is 2.20 bits per heavy atom. The van der Waals surface area contributed by atoms with Gasteiger partial charge in [-0.1, -0.05) is 24.3 Å². The van der Waals surface area contributed by atoms with Crippen molar-refractivity contribution in [1.82, 2.24) is 10.2 Å². The smallest absolute Gasteiger partial charge is 0.223 e. The van der Waals surface area contributed by atoms with Crippen molar-refractivity contribution in [3.8, 4) is 0 Å². The summed E-state index contributed by atoms with van der Waals surface area (Å²) in [5.41, 5.74) is 2.77. The van der Waals surface area contributed by atoms with Crippen LogP contribution in [-0.2, 0) is 11.2 Å². The van der Waals surface area contributed by atoms with Crippen LogP contribution < -0.4 is 5.32 Å². The van der Waals surface area contributed by atoms with Crippen molar-refractivity contribution in [2.45, 2.75) is 38.1 Å². The van der Waals surface area contributed by atoms with Gasteiger partial charge in [-0.2, -0.15) is 0 Å². The fourth-order valence-corrected chi connectivity index (χ4v) is 3.60. The number of carbonyl (C=O) groups excluding carboxylic acids is 1. The largest absolute Gasteiger partial charge is 0.339 e. The Morgan fingerprint density at radius 3 is 3.00 bits per heavy atom. The van der Waals surface area contributed by atoms with Gasteiger partial charge in [-0.25, -0.2) is 0 Å². The summed E-state index contributed by atoms with van der Waals surface area (Å²) in [6, 6.07) is 8.84. The van der Waals surface area contributed by atoms with Gasteiger partial charge in [0.15, 0.2) is 0 Å². The Kier molecular flexibility index (Phi) is 4.06. The Labute approximate surface area is 121 Å². The van der Waals surface area contributed by atoms with E-state index in [1.54, 1.807) is 0 Å². The van der Waals surface area contributed by atoms with Crippen molar-refractivity contribution in [3.05, 3.63) is 35.4 Å². The monoisotopic (exact) mass is 272 g/mol. The van der Waals surface area contributed by atoms with E-state index in [0.717, 1.165) is 25.9 Å². The minimum absolute atomic E-state index is 0.287. The molecule has 0 radical (unpaired) electrons. The minimum Gasteiger partial charge on any atom is -0.339 e. The lowest BCUT2D eigenvalue weighted by Gasteiger charge is -2.29. The third-order valence-corrected chi connectivity index (χ3v) is 4.82. The molecule has 3 heteroatoms. The van der Waals surface area contributed by atoms with E-state index in [-0.39, 0.29) is 6.04 Å². The molecule has 1 saturated heterocycles. The Balaban J connectivity index is 1.64. The number of carbonyl (C=O) groups is 1. The maximum atomic E-state index is 12.5. The van der Waals surface area contributed by atoms with Gasteiger partial charge in [-0.05, 0) is 55.8 Å². The summed E-state index contributed by atoms with van der Waals surface area (Å²) in [5.74, 6) is 0.829. The highest BCUT2D eigenvalue weighted by Crippen LogP contribution is 2.35. The van der Waals surface area contributed by atoms with Gasteiger partial charge in [0.25, 0.3) is 0 Å². The first-order valence-electron chi connectivity index (χ1n) is 7.80. The molecule has 2 unspecified atom stereocenters. The third-order valence-electron chi connectivity index (χ3n) is 4.82. The molecule has 0 saturated carbocycles. The maximum Gasteiger partial charge on any atom is 0.223 e. The summed E-state index contributed by atoms with van der Waals surface area (Å²) in [6.45, 7) is 2.11. The van der Waals surface area contributed by atoms with Gasteiger partial charge in [0.05, 0.1) is 6.04 Å². The highest BCUT2D eigenvalue weighted by molar-refractivity contribution is 5.77. The normalized spacial score (nSPS) is 25.2. The zero-order valence-electron chi connectivity index (χ0n) is 12.3. The van der Waals surface area contributed by atoms with Crippen molar-refractivity contribution >= 4 is 5.91 Å². The first kappa shape index (κ1) is 13.6. The van der Waals surface area contributed by atoms with E-state index in [1.165, 1.54) is 24.0 Å². The lowest BCUT2D eigenvalue weighted by Crippen LogP contribution is -2.36. The van der Waals surface area contributed by atoms with Crippen molar-refractivity contribution in [2.24, 2.45) is 5.92 Å². The molecule has 3 nitrogen and oxygen atoms in total. The summed E-state index contributed by atoms with van der Waals surface area (Å²) in [6.07, 6.45) is 5.26. The molecule has 1 aromatic rings. The predicted molar refractivity (Wildman–Crippen MR) is 80.5 cm³/mol. The number of amides is 1. The first-order chi connectivity index (χ1) is 9.75. The average Bonchev–Trinajstić information content (AvgIpc) is 2.91. The predicted octanol–water partition coefficient (Wildman–Crippen LogP) is 2.52. The van der Waals surface area contributed by atoms with Crippen LogP contribution >= 0.6 is 0 Å². The van der Waals surface area contributed by atoms with E-state index >= 15 is 0 Å². The zero-order chi connectivity index (χ0) is 13.9. The quantitative estimate of drug-likeness (QED) is 0.917. The Morgan fingerprint density at radius 1 is 1.35 bits per heavy atom. The number of benzene rings is 1. The molecule has 1 heterocycles.